The van der Waals surface area contributed by atoms with E-state index in [0.29, 0.717) is 18.1 Å². The lowest BCUT2D eigenvalue weighted by Crippen LogP contribution is -2.21. The molecule has 0 radical (unpaired) electrons. The summed E-state index contributed by atoms with van der Waals surface area (Å²) in [5, 5.41) is 16.7. The molecule has 5 heteroatoms. The maximum atomic E-state index is 9.86. The molecule has 1 unspecified atom stereocenters. The fourth-order valence-electron chi connectivity index (χ4n) is 1.83. The summed E-state index contributed by atoms with van der Waals surface area (Å²) in [7, 11) is 0. The third-order valence-corrected chi connectivity index (χ3v) is 2.85. The number of phenolic OH excluding ortho intramolecular Hbond substituents is 1. The number of hydrogen-bond acceptors (Lipinski definition) is 5. The molecule has 2 N–H and O–H groups in total. The maximum Gasteiger partial charge on any atom is 0.227 e. The van der Waals surface area contributed by atoms with Gasteiger partial charge in [0.15, 0.2) is 6.33 Å². The SMILES string of the molecule is Cc1ccc(C(C)NCCc2ncno2)c(O)c1. The molecule has 1 atom stereocenters. The van der Waals surface area contributed by atoms with E-state index in [-0.39, 0.29) is 6.04 Å². The molecule has 0 aliphatic rings. The summed E-state index contributed by atoms with van der Waals surface area (Å²) in [6, 6.07) is 5.78. The number of nitrogens with zero attached hydrogens (tertiary/aromatic N) is 2. The van der Waals surface area contributed by atoms with Crippen LogP contribution in [0.1, 0.15) is 30.0 Å². The third kappa shape index (κ3) is 3.07. The highest BCUT2D eigenvalue weighted by atomic mass is 16.5. The first kappa shape index (κ1) is 12.6. The van der Waals surface area contributed by atoms with Gasteiger partial charge in [-0.2, -0.15) is 4.98 Å². The molecular weight excluding hydrogens is 230 g/mol. The molecule has 0 bridgehead atoms. The molecule has 0 aliphatic carbocycles. The van der Waals surface area contributed by atoms with Gasteiger partial charge >= 0.3 is 0 Å². The second-order valence-corrected chi connectivity index (χ2v) is 4.32. The Bertz CT molecular complexity index is 497. The van der Waals surface area contributed by atoms with Crippen molar-refractivity contribution in [3.05, 3.63) is 41.5 Å². The van der Waals surface area contributed by atoms with E-state index in [1.165, 1.54) is 6.33 Å². The van der Waals surface area contributed by atoms with Crippen molar-refractivity contribution >= 4 is 0 Å². The van der Waals surface area contributed by atoms with E-state index >= 15 is 0 Å². The number of rotatable bonds is 5. The van der Waals surface area contributed by atoms with Gasteiger partial charge < -0.3 is 14.9 Å². The topological polar surface area (TPSA) is 71.2 Å². The summed E-state index contributed by atoms with van der Waals surface area (Å²) >= 11 is 0. The predicted molar refractivity (Wildman–Crippen MR) is 67.3 cm³/mol. The zero-order chi connectivity index (χ0) is 13.0. The molecular formula is C13H17N3O2. The Balaban J connectivity index is 1.89. The van der Waals surface area contributed by atoms with Crippen molar-refractivity contribution in [2.24, 2.45) is 0 Å². The summed E-state index contributed by atoms with van der Waals surface area (Å²) in [6.07, 6.45) is 2.07. The Morgan fingerprint density at radius 2 is 2.28 bits per heavy atom. The van der Waals surface area contributed by atoms with Crippen LogP contribution in [0.4, 0.5) is 0 Å². The number of phenols is 1. The average molecular weight is 247 g/mol. The standard InChI is InChI=1S/C13H17N3O2/c1-9-3-4-11(12(17)7-9)10(2)14-6-5-13-15-8-16-18-13/h3-4,7-8,10,14,17H,5-6H2,1-2H3. The van der Waals surface area contributed by atoms with E-state index in [1.807, 2.05) is 26.0 Å². The van der Waals surface area contributed by atoms with Gasteiger partial charge in [-0.05, 0) is 25.5 Å². The number of aryl methyl sites for hydroxylation is 1. The lowest BCUT2D eigenvalue weighted by atomic mass is 10.1. The van der Waals surface area contributed by atoms with Crippen LogP contribution in [0.3, 0.4) is 0 Å². The van der Waals surface area contributed by atoms with Crippen molar-refractivity contribution in [2.45, 2.75) is 26.3 Å². The number of aromatic hydroxyl groups is 1. The minimum absolute atomic E-state index is 0.0773. The highest BCUT2D eigenvalue weighted by Gasteiger charge is 2.10. The molecule has 0 saturated heterocycles. The van der Waals surface area contributed by atoms with E-state index in [0.717, 1.165) is 17.7 Å². The largest absolute Gasteiger partial charge is 0.508 e. The summed E-state index contributed by atoms with van der Waals surface area (Å²) in [6.45, 7) is 4.69. The van der Waals surface area contributed by atoms with Crippen molar-refractivity contribution in [2.75, 3.05) is 6.54 Å². The van der Waals surface area contributed by atoms with Crippen LogP contribution in [-0.4, -0.2) is 21.8 Å². The third-order valence-electron chi connectivity index (χ3n) is 2.85. The van der Waals surface area contributed by atoms with Gasteiger partial charge in [0.1, 0.15) is 5.75 Å². The summed E-state index contributed by atoms with van der Waals surface area (Å²) in [5.41, 5.74) is 1.94. The Labute approximate surface area is 106 Å². The molecule has 0 aliphatic heterocycles. The fraction of sp³-hybridized carbons (Fsp3) is 0.385. The lowest BCUT2D eigenvalue weighted by Gasteiger charge is -2.15. The molecule has 2 rings (SSSR count). The Morgan fingerprint density at radius 3 is 2.94 bits per heavy atom. The van der Waals surface area contributed by atoms with Gasteiger partial charge in [0.05, 0.1) is 0 Å². The van der Waals surface area contributed by atoms with E-state index in [4.69, 9.17) is 4.52 Å². The number of nitrogens with one attached hydrogen (secondary N) is 1. The van der Waals surface area contributed by atoms with Crippen LogP contribution in [0.25, 0.3) is 0 Å². The van der Waals surface area contributed by atoms with Gasteiger partial charge in [0.25, 0.3) is 0 Å². The van der Waals surface area contributed by atoms with E-state index < -0.39 is 0 Å². The Morgan fingerprint density at radius 1 is 1.44 bits per heavy atom. The summed E-state index contributed by atoms with van der Waals surface area (Å²) in [4.78, 5) is 3.95. The Kier molecular flexibility index (Phi) is 3.94. The first-order valence-corrected chi connectivity index (χ1v) is 5.95. The highest BCUT2D eigenvalue weighted by molar-refractivity contribution is 5.37. The van der Waals surface area contributed by atoms with E-state index in [2.05, 4.69) is 15.5 Å². The Hall–Kier alpha value is -1.88. The molecule has 0 saturated carbocycles. The maximum absolute atomic E-state index is 9.86. The fourth-order valence-corrected chi connectivity index (χ4v) is 1.83. The van der Waals surface area contributed by atoms with Gasteiger partial charge in [-0.3, -0.25) is 0 Å². The van der Waals surface area contributed by atoms with E-state index in [1.54, 1.807) is 6.07 Å². The van der Waals surface area contributed by atoms with Crippen LogP contribution in [0.15, 0.2) is 29.0 Å². The van der Waals surface area contributed by atoms with Crippen LogP contribution in [0, 0.1) is 6.92 Å². The molecule has 5 nitrogen and oxygen atoms in total. The normalized spacial score (nSPS) is 12.6. The van der Waals surface area contributed by atoms with Gasteiger partial charge in [-0.1, -0.05) is 17.3 Å². The minimum atomic E-state index is 0.0773. The molecule has 1 aromatic heterocycles. The first-order chi connectivity index (χ1) is 8.66. The predicted octanol–water partition coefficient (Wildman–Crippen LogP) is 1.98. The second kappa shape index (κ2) is 5.64. The molecule has 0 spiro atoms. The molecule has 0 amide bonds. The van der Waals surface area contributed by atoms with Gasteiger partial charge in [0, 0.05) is 24.6 Å². The van der Waals surface area contributed by atoms with Crippen LogP contribution in [-0.2, 0) is 6.42 Å². The molecule has 18 heavy (non-hydrogen) atoms. The van der Waals surface area contributed by atoms with Crippen molar-refractivity contribution < 1.29 is 9.63 Å². The highest BCUT2D eigenvalue weighted by Crippen LogP contribution is 2.24. The number of benzene rings is 1. The molecule has 1 aromatic carbocycles. The molecule has 1 heterocycles. The van der Waals surface area contributed by atoms with Crippen molar-refractivity contribution in [3.8, 4) is 5.75 Å². The average Bonchev–Trinajstić information content (AvgIpc) is 2.81. The van der Waals surface area contributed by atoms with Crippen LogP contribution in [0.2, 0.25) is 0 Å². The lowest BCUT2D eigenvalue weighted by molar-refractivity contribution is 0.372. The van der Waals surface area contributed by atoms with E-state index in [9.17, 15) is 5.11 Å². The summed E-state index contributed by atoms with van der Waals surface area (Å²) in [5.74, 6) is 0.940. The van der Waals surface area contributed by atoms with Crippen molar-refractivity contribution in [1.29, 1.82) is 0 Å². The van der Waals surface area contributed by atoms with Crippen LogP contribution < -0.4 is 5.32 Å². The molecule has 0 fully saturated rings. The van der Waals surface area contributed by atoms with Crippen LogP contribution >= 0.6 is 0 Å². The summed E-state index contributed by atoms with van der Waals surface area (Å²) < 4.78 is 4.91. The zero-order valence-electron chi connectivity index (χ0n) is 10.6. The van der Waals surface area contributed by atoms with Crippen molar-refractivity contribution in [1.82, 2.24) is 15.5 Å². The number of aromatic nitrogens is 2. The smallest absolute Gasteiger partial charge is 0.227 e. The zero-order valence-corrected chi connectivity index (χ0v) is 10.6. The van der Waals surface area contributed by atoms with Crippen LogP contribution in [0.5, 0.6) is 5.75 Å². The van der Waals surface area contributed by atoms with Gasteiger partial charge in [-0.25, -0.2) is 0 Å². The molecule has 2 aromatic rings. The quantitative estimate of drug-likeness (QED) is 0.845. The van der Waals surface area contributed by atoms with Gasteiger partial charge in [-0.15, -0.1) is 0 Å². The monoisotopic (exact) mass is 247 g/mol. The molecule has 96 valence electrons. The number of hydrogen-bond donors (Lipinski definition) is 2. The minimum Gasteiger partial charge on any atom is -0.508 e. The first-order valence-electron chi connectivity index (χ1n) is 5.95. The van der Waals surface area contributed by atoms with Gasteiger partial charge in [0.2, 0.25) is 5.89 Å². The van der Waals surface area contributed by atoms with Crippen molar-refractivity contribution in [3.63, 3.8) is 0 Å². The second-order valence-electron chi connectivity index (χ2n) is 4.32.